The molecular formula is C49H38BFN2O2. The number of fused-ring (bicyclic) bond motifs is 1. The van der Waals surface area contributed by atoms with Gasteiger partial charge in [-0.1, -0.05) is 170 Å². The van der Waals surface area contributed by atoms with E-state index >= 15 is 4.32 Å². The molecule has 0 amide bonds. The lowest BCUT2D eigenvalue weighted by Crippen LogP contribution is -2.23. The summed E-state index contributed by atoms with van der Waals surface area (Å²) >= 11 is 0. The molecule has 0 saturated carbocycles. The van der Waals surface area contributed by atoms with Crippen LogP contribution in [-0.2, 0) is 9.53 Å². The normalized spacial score (nSPS) is 17.8. The summed E-state index contributed by atoms with van der Waals surface area (Å²) in [6.07, 6.45) is 14.7. The van der Waals surface area contributed by atoms with Crippen LogP contribution < -0.4 is 0 Å². The Bertz CT molecular complexity index is 2480. The number of carbonyl (C=O) groups is 1. The van der Waals surface area contributed by atoms with Crippen LogP contribution >= 0.6 is 0 Å². The van der Waals surface area contributed by atoms with Crippen molar-refractivity contribution in [1.29, 1.82) is 0 Å². The van der Waals surface area contributed by atoms with Crippen LogP contribution in [0.3, 0.4) is 0 Å². The Hall–Kier alpha value is -6.79. The number of benzene rings is 5. The van der Waals surface area contributed by atoms with Gasteiger partial charge in [-0.25, -0.2) is 0 Å². The standard InChI is InChI=1S/C49H38BFN2O2/c51-50-52-47(40-29-16-6-17-30-40)44(37-23-12-4-13-24-37)42(36-21-10-3-11-22-36)35-43(55-34-20-33-54)49-46(39-25-8-1-2-9-26-39)45(38-27-14-5-15-28-38)48(53(49)50)41-31-18-7-19-32-41/h3-8,10-35H,1-2,9H2/b34-20+,43-35-,44-42+,52-47+. The average molecular weight is 717 g/mol. The number of hydrogen-bond acceptors (Lipinski definition) is 3. The molecule has 0 saturated heterocycles. The first-order valence-corrected chi connectivity index (χ1v) is 18.6. The third-order valence-electron chi connectivity index (χ3n) is 9.85. The smallest absolute Gasteiger partial charge is 0.463 e. The van der Waals surface area contributed by atoms with Gasteiger partial charge in [0.25, 0.3) is 0 Å². The first kappa shape index (κ1) is 35.3. The Morgan fingerprint density at radius 3 is 1.82 bits per heavy atom. The molecule has 6 aromatic rings. The molecule has 0 bridgehead atoms. The molecule has 1 aliphatic heterocycles. The third-order valence-corrected chi connectivity index (χ3v) is 9.85. The zero-order chi connectivity index (χ0) is 37.4. The molecular weight excluding hydrogens is 678 g/mol. The van der Waals surface area contributed by atoms with Crippen molar-refractivity contribution in [2.75, 3.05) is 0 Å². The first-order chi connectivity index (χ1) is 27.2. The van der Waals surface area contributed by atoms with Gasteiger partial charge in [-0.2, -0.15) is 0 Å². The van der Waals surface area contributed by atoms with E-state index in [1.165, 1.54) is 12.3 Å². The minimum absolute atomic E-state index is 0.366. The fraction of sp³-hybridized carbons (Fsp3) is 0.0612. The van der Waals surface area contributed by atoms with Gasteiger partial charge >= 0.3 is 7.26 Å². The Morgan fingerprint density at radius 1 is 0.636 bits per heavy atom. The number of aromatic nitrogens is 1. The van der Waals surface area contributed by atoms with Crippen LogP contribution in [0.1, 0.15) is 47.2 Å². The predicted molar refractivity (Wildman–Crippen MR) is 225 cm³/mol. The van der Waals surface area contributed by atoms with Gasteiger partial charge < -0.3 is 9.21 Å². The van der Waals surface area contributed by atoms with Crippen molar-refractivity contribution in [3.8, 4) is 22.4 Å². The highest BCUT2D eigenvalue weighted by Crippen LogP contribution is 2.48. The van der Waals surface area contributed by atoms with Crippen LogP contribution in [0.15, 0.2) is 193 Å². The number of nitrogens with zero attached hydrogens (tertiary/aromatic N) is 2. The average Bonchev–Trinajstić information content (AvgIpc) is 3.39. The maximum Gasteiger partial charge on any atom is 0.611 e. The molecule has 0 fully saturated rings. The van der Waals surface area contributed by atoms with E-state index in [0.29, 0.717) is 29.1 Å². The topological polar surface area (TPSA) is 43.6 Å². The number of halogens is 1. The van der Waals surface area contributed by atoms with E-state index < -0.39 is 7.26 Å². The molecule has 2 heterocycles. The lowest BCUT2D eigenvalue weighted by atomic mass is 9.86. The molecule has 1 aromatic heterocycles. The van der Waals surface area contributed by atoms with E-state index in [0.717, 1.165) is 74.9 Å². The highest BCUT2D eigenvalue weighted by atomic mass is 19.1. The number of aldehydes is 1. The van der Waals surface area contributed by atoms with Crippen molar-refractivity contribution in [3.05, 3.63) is 216 Å². The number of hydrogen-bond donors (Lipinski definition) is 0. The summed E-state index contributed by atoms with van der Waals surface area (Å²) < 4.78 is 26.7. The lowest BCUT2D eigenvalue weighted by molar-refractivity contribution is -0.104. The molecule has 2 aliphatic rings. The fourth-order valence-electron chi connectivity index (χ4n) is 7.47. The lowest BCUT2D eigenvalue weighted by Gasteiger charge is -2.18. The maximum absolute atomic E-state index is 18.4. The van der Waals surface area contributed by atoms with Crippen molar-refractivity contribution < 1.29 is 13.8 Å². The summed E-state index contributed by atoms with van der Waals surface area (Å²) in [6, 6.07) is 49.9. The van der Waals surface area contributed by atoms with Crippen LogP contribution in [0.5, 0.6) is 0 Å². The van der Waals surface area contributed by atoms with Crippen LogP contribution in [-0.4, -0.2) is 23.7 Å². The summed E-state index contributed by atoms with van der Waals surface area (Å²) in [7, 11) is -1.91. The number of ether oxygens (including phenoxy) is 1. The summed E-state index contributed by atoms with van der Waals surface area (Å²) in [4.78, 5) is 16.9. The Morgan fingerprint density at radius 2 is 1.20 bits per heavy atom. The molecule has 0 radical (unpaired) electrons. The summed E-state index contributed by atoms with van der Waals surface area (Å²) in [5.74, 6) is 0.366. The molecule has 0 spiro atoms. The van der Waals surface area contributed by atoms with E-state index in [1.807, 2.05) is 146 Å². The quantitative estimate of drug-likeness (QED) is 0.0647. The van der Waals surface area contributed by atoms with Gasteiger partial charge in [0.2, 0.25) is 0 Å². The zero-order valence-corrected chi connectivity index (χ0v) is 30.3. The monoisotopic (exact) mass is 716 g/mol. The Balaban J connectivity index is 1.61. The second-order valence-electron chi connectivity index (χ2n) is 13.3. The zero-order valence-electron chi connectivity index (χ0n) is 30.3. The second kappa shape index (κ2) is 16.5. The SMILES string of the molecule is O=C/C=C/O\C1=C/C(c2ccccc2)=C(c2ccccc2)\C(c2ccccc2)=N\B(F)n2c1c(C1=CCCCC=C1)c(-c1ccccc1)c2-c1ccccc1. The van der Waals surface area contributed by atoms with Gasteiger partial charge in [0.15, 0.2) is 0 Å². The van der Waals surface area contributed by atoms with Crippen molar-refractivity contribution in [2.45, 2.75) is 19.3 Å². The van der Waals surface area contributed by atoms with E-state index in [1.54, 1.807) is 4.48 Å². The Labute approximate surface area is 321 Å². The molecule has 0 atom stereocenters. The van der Waals surface area contributed by atoms with E-state index in [9.17, 15) is 4.79 Å². The van der Waals surface area contributed by atoms with Gasteiger partial charge in [-0.05, 0) is 64.3 Å². The van der Waals surface area contributed by atoms with Crippen molar-refractivity contribution in [3.63, 3.8) is 0 Å². The number of carbonyl (C=O) groups excluding carboxylic acids is 1. The van der Waals surface area contributed by atoms with E-state index in [2.05, 4.69) is 30.4 Å². The van der Waals surface area contributed by atoms with E-state index in [4.69, 9.17) is 9.64 Å². The molecule has 5 aromatic carbocycles. The largest absolute Gasteiger partial charge is 0.611 e. The van der Waals surface area contributed by atoms with Gasteiger partial charge in [0.05, 0.1) is 17.7 Å². The molecule has 0 unspecified atom stereocenters. The second-order valence-corrected chi connectivity index (χ2v) is 13.3. The molecule has 6 heteroatoms. The highest BCUT2D eigenvalue weighted by molar-refractivity contribution is 6.55. The van der Waals surface area contributed by atoms with E-state index in [-0.39, 0.29) is 0 Å². The van der Waals surface area contributed by atoms with Crippen LogP contribution in [0.2, 0.25) is 0 Å². The molecule has 266 valence electrons. The maximum atomic E-state index is 18.4. The highest BCUT2D eigenvalue weighted by Gasteiger charge is 2.37. The first-order valence-electron chi connectivity index (χ1n) is 18.6. The Kier molecular flexibility index (Phi) is 10.6. The van der Waals surface area contributed by atoms with Gasteiger partial charge in [0.1, 0.15) is 12.0 Å². The molecule has 4 nitrogen and oxygen atoms in total. The molecule has 0 N–H and O–H groups in total. The van der Waals surface area contributed by atoms with Crippen LogP contribution in [0, 0.1) is 0 Å². The van der Waals surface area contributed by atoms with Crippen molar-refractivity contribution in [1.82, 2.24) is 4.48 Å². The van der Waals surface area contributed by atoms with Gasteiger partial charge in [-0.15, -0.1) is 0 Å². The summed E-state index contributed by atoms with van der Waals surface area (Å²) in [5, 5.41) is 0. The minimum Gasteiger partial charge on any atom is -0.463 e. The summed E-state index contributed by atoms with van der Waals surface area (Å²) in [5.41, 5.74) is 10.1. The van der Waals surface area contributed by atoms with Gasteiger partial charge in [0, 0.05) is 28.5 Å². The number of rotatable bonds is 9. The fourth-order valence-corrected chi connectivity index (χ4v) is 7.47. The number of allylic oxidation sites excluding steroid dienone is 8. The van der Waals surface area contributed by atoms with Crippen molar-refractivity contribution in [2.24, 2.45) is 4.90 Å². The van der Waals surface area contributed by atoms with Gasteiger partial charge in [-0.3, -0.25) is 14.0 Å². The summed E-state index contributed by atoms with van der Waals surface area (Å²) in [6.45, 7) is 0. The minimum atomic E-state index is -1.91. The third kappa shape index (κ3) is 7.27. The van der Waals surface area contributed by atoms with Crippen LogP contribution in [0.4, 0.5) is 4.32 Å². The predicted octanol–water partition coefficient (Wildman–Crippen LogP) is 11.9. The molecule has 8 rings (SSSR count). The molecule has 55 heavy (non-hydrogen) atoms. The molecule has 1 aliphatic carbocycles. The van der Waals surface area contributed by atoms with Crippen LogP contribution in [0.25, 0.3) is 44.9 Å². The van der Waals surface area contributed by atoms with Crippen molar-refractivity contribution >= 4 is 41.7 Å².